The number of unbranched alkanes of at least 4 members (excludes halogenated alkanes) is 1. The summed E-state index contributed by atoms with van der Waals surface area (Å²) in [5.41, 5.74) is 4.80. The lowest BCUT2D eigenvalue weighted by atomic mass is 9.94. The molecule has 0 spiro atoms. The number of fused-ring (bicyclic) bond motifs is 5. The molecule has 0 bridgehead atoms. The van der Waals surface area contributed by atoms with Crippen LogP contribution in [0.2, 0.25) is 0 Å². The molecular weight excluding hydrogens is 689 g/mol. The van der Waals surface area contributed by atoms with Gasteiger partial charge in [0.1, 0.15) is 11.5 Å². The zero-order valence-electron chi connectivity index (χ0n) is 29.3. The lowest BCUT2D eigenvalue weighted by molar-refractivity contribution is -0.148. The first-order chi connectivity index (χ1) is 25.0. The maximum absolute atomic E-state index is 14.0. The highest BCUT2D eigenvalue weighted by Crippen LogP contribution is 2.41. The Morgan fingerprint density at radius 1 is 0.923 bits per heavy atom. The normalized spacial score (nSPS) is 13.0. The molecule has 2 heterocycles. The Morgan fingerprint density at radius 3 is 2.37 bits per heavy atom. The molecule has 1 atom stereocenters. The molecule has 0 radical (unpaired) electrons. The summed E-state index contributed by atoms with van der Waals surface area (Å²) in [6.07, 6.45) is 0.453. The van der Waals surface area contributed by atoms with Gasteiger partial charge in [-0.3, -0.25) is 0 Å². The number of aromatic nitrogens is 1. The maximum atomic E-state index is 14.0. The number of rotatable bonds is 15. The number of nitrogens with zero attached hydrogens (tertiary/aromatic N) is 2. The molecule has 0 N–H and O–H groups in total. The number of ether oxygens (including phenoxy) is 1. The fraction of sp³-hybridized carbons (Fsp3) is 0.286. The molecule has 0 aliphatic carbocycles. The van der Waals surface area contributed by atoms with Crippen LogP contribution >= 0.6 is 11.3 Å². The van der Waals surface area contributed by atoms with Gasteiger partial charge in [-0.15, -0.1) is 11.3 Å². The number of benzene rings is 4. The van der Waals surface area contributed by atoms with Crippen molar-refractivity contribution in [3.63, 3.8) is 0 Å². The van der Waals surface area contributed by atoms with Gasteiger partial charge in [0.05, 0.1) is 5.52 Å². The Bertz CT molecular complexity index is 2260. The first-order valence-electron chi connectivity index (χ1n) is 17.4. The SMILES string of the molecule is C=C(c1cccs1)c1cc2c3cc(/C(=N\OC(C)=O)c4ccccc4OCC(F)(F)C(F)F)ccc3n(CC(CC)CCCC)c2c2ccccc12. The average molecular weight is 729 g/mol. The van der Waals surface area contributed by atoms with E-state index in [1.165, 1.54) is 19.1 Å². The maximum Gasteiger partial charge on any atom is 0.340 e. The third-order valence-corrected chi connectivity index (χ3v) is 10.3. The highest BCUT2D eigenvalue weighted by molar-refractivity contribution is 7.11. The molecule has 2 aromatic heterocycles. The summed E-state index contributed by atoms with van der Waals surface area (Å²) in [5.74, 6) is -4.74. The van der Waals surface area contributed by atoms with Crippen molar-refractivity contribution in [3.8, 4) is 5.75 Å². The summed E-state index contributed by atoms with van der Waals surface area (Å²) in [5, 5.41) is 10.2. The summed E-state index contributed by atoms with van der Waals surface area (Å²) in [4.78, 5) is 18.2. The average Bonchev–Trinajstić information content (AvgIpc) is 3.79. The lowest BCUT2D eigenvalue weighted by Crippen LogP contribution is -2.34. The summed E-state index contributed by atoms with van der Waals surface area (Å²) < 4.78 is 61.7. The molecule has 0 saturated carbocycles. The predicted octanol–water partition coefficient (Wildman–Crippen LogP) is 11.9. The van der Waals surface area contributed by atoms with Crippen molar-refractivity contribution in [2.75, 3.05) is 6.61 Å². The van der Waals surface area contributed by atoms with Gasteiger partial charge in [-0.2, -0.15) is 8.78 Å². The molecule has 0 aliphatic rings. The van der Waals surface area contributed by atoms with Crippen LogP contribution in [0.25, 0.3) is 38.2 Å². The van der Waals surface area contributed by atoms with Gasteiger partial charge in [-0.25, -0.2) is 13.6 Å². The van der Waals surface area contributed by atoms with Crippen LogP contribution in [0, 0.1) is 5.92 Å². The van der Waals surface area contributed by atoms with Gasteiger partial charge in [-0.05, 0) is 70.6 Å². The first-order valence-corrected chi connectivity index (χ1v) is 18.3. The van der Waals surface area contributed by atoms with E-state index in [0.717, 1.165) is 80.8 Å². The Labute approximate surface area is 304 Å². The molecule has 5 nitrogen and oxygen atoms in total. The summed E-state index contributed by atoms with van der Waals surface area (Å²) in [6.45, 7) is 9.38. The van der Waals surface area contributed by atoms with Crippen molar-refractivity contribution < 1.29 is 31.9 Å². The fourth-order valence-corrected chi connectivity index (χ4v) is 7.41. The number of halogens is 4. The van der Waals surface area contributed by atoms with Crippen molar-refractivity contribution >= 4 is 61.2 Å². The minimum absolute atomic E-state index is 0.113. The smallest absolute Gasteiger partial charge is 0.340 e. The number of carbonyl (C=O) groups excluding carboxylic acids is 1. The topological polar surface area (TPSA) is 52.8 Å². The number of para-hydroxylation sites is 1. The van der Waals surface area contributed by atoms with Crippen LogP contribution in [-0.2, 0) is 16.2 Å². The molecule has 0 saturated heterocycles. The largest absolute Gasteiger partial charge is 0.486 e. The van der Waals surface area contributed by atoms with Crippen LogP contribution in [0.4, 0.5) is 17.6 Å². The molecule has 6 aromatic rings. The highest BCUT2D eigenvalue weighted by Gasteiger charge is 2.42. The van der Waals surface area contributed by atoms with Crippen molar-refractivity contribution in [3.05, 3.63) is 118 Å². The molecule has 6 rings (SSSR count). The zero-order chi connectivity index (χ0) is 37.0. The van der Waals surface area contributed by atoms with E-state index in [2.05, 4.69) is 54.4 Å². The summed E-state index contributed by atoms with van der Waals surface area (Å²) in [6, 6.07) is 26.5. The van der Waals surface area contributed by atoms with Gasteiger partial charge in [-0.1, -0.05) is 93.4 Å². The van der Waals surface area contributed by atoms with Crippen molar-refractivity contribution in [1.82, 2.24) is 4.57 Å². The van der Waals surface area contributed by atoms with Crippen molar-refractivity contribution in [2.24, 2.45) is 11.1 Å². The summed E-state index contributed by atoms with van der Waals surface area (Å²) in [7, 11) is 0. The molecule has 0 fully saturated rings. The molecule has 4 aromatic carbocycles. The van der Waals surface area contributed by atoms with E-state index in [1.54, 1.807) is 23.5 Å². The molecule has 52 heavy (non-hydrogen) atoms. The second kappa shape index (κ2) is 15.7. The van der Waals surface area contributed by atoms with Crippen molar-refractivity contribution in [1.29, 1.82) is 0 Å². The molecular formula is C42H40F4N2O3S. The van der Waals surface area contributed by atoms with Crippen LogP contribution in [0.1, 0.15) is 68.0 Å². The van der Waals surface area contributed by atoms with Gasteiger partial charge in [0.25, 0.3) is 0 Å². The predicted molar refractivity (Wildman–Crippen MR) is 203 cm³/mol. The quantitative estimate of drug-likeness (QED) is 0.0458. The van der Waals surface area contributed by atoms with Gasteiger partial charge >= 0.3 is 18.3 Å². The van der Waals surface area contributed by atoms with E-state index in [9.17, 15) is 22.4 Å². The minimum atomic E-state index is -4.37. The van der Waals surface area contributed by atoms with Gasteiger partial charge in [0.15, 0.2) is 6.61 Å². The van der Waals surface area contributed by atoms with Crippen LogP contribution in [-0.4, -0.2) is 35.2 Å². The first kappa shape index (κ1) is 36.8. The standard InChI is InChI=1S/C42H40F4N2O3S/c1-5-7-13-28(6-2)24-48-36-20-19-29(39(47-51-27(4)49)32-16-10-11-17-37(32)50-25-42(45,46)41(43)44)22-34(36)35-23-33(26(3)38-18-12-21-52-38)30-14-8-9-15-31(30)40(35)48/h8-12,14-23,28,41H,3,5-7,13,24-25H2,1-2,4H3/b47-39+. The number of hydrogen-bond donors (Lipinski definition) is 0. The van der Waals surface area contributed by atoms with Crippen molar-refractivity contribution in [2.45, 2.75) is 65.3 Å². The second-order valence-corrected chi connectivity index (χ2v) is 13.9. The van der Waals surface area contributed by atoms with E-state index in [-0.39, 0.29) is 17.0 Å². The molecule has 0 amide bonds. The Kier molecular flexibility index (Phi) is 11.1. The number of alkyl halides is 4. The van der Waals surface area contributed by atoms with Gasteiger partial charge in [0.2, 0.25) is 0 Å². The number of carbonyl (C=O) groups is 1. The molecule has 1 unspecified atom stereocenters. The molecule has 10 heteroatoms. The van der Waals surface area contributed by atoms with Crippen LogP contribution in [0.5, 0.6) is 5.75 Å². The van der Waals surface area contributed by atoms with Gasteiger partial charge in [0, 0.05) is 51.1 Å². The van der Waals surface area contributed by atoms with E-state index in [1.807, 2.05) is 41.8 Å². The Morgan fingerprint density at radius 2 is 1.67 bits per heavy atom. The van der Waals surface area contributed by atoms with E-state index < -0.39 is 24.9 Å². The minimum Gasteiger partial charge on any atom is -0.486 e. The molecule has 0 aliphatic heterocycles. The third kappa shape index (κ3) is 7.48. The van der Waals surface area contributed by atoms with Crippen LogP contribution in [0.15, 0.2) is 102 Å². The van der Waals surface area contributed by atoms with E-state index in [4.69, 9.17) is 9.57 Å². The molecule has 270 valence electrons. The fourth-order valence-electron chi connectivity index (χ4n) is 6.70. The third-order valence-electron chi connectivity index (χ3n) is 9.41. The Balaban J connectivity index is 1.60. The van der Waals surface area contributed by atoms with E-state index >= 15 is 0 Å². The summed E-state index contributed by atoms with van der Waals surface area (Å²) >= 11 is 1.63. The highest BCUT2D eigenvalue weighted by atomic mass is 32.1. The Hall–Kier alpha value is -4.96. The lowest BCUT2D eigenvalue weighted by Gasteiger charge is -2.19. The number of thiophene rings is 1. The van der Waals surface area contributed by atoms with Gasteiger partial charge < -0.3 is 14.1 Å². The van der Waals surface area contributed by atoms with Crippen LogP contribution in [0.3, 0.4) is 0 Å². The zero-order valence-corrected chi connectivity index (χ0v) is 30.1. The van der Waals surface area contributed by atoms with E-state index in [0.29, 0.717) is 11.5 Å². The second-order valence-electron chi connectivity index (χ2n) is 13.0. The van der Waals surface area contributed by atoms with Crippen LogP contribution < -0.4 is 4.74 Å². The monoisotopic (exact) mass is 728 g/mol. The number of oxime groups is 1. The number of hydrogen-bond acceptors (Lipinski definition) is 5.